The van der Waals surface area contributed by atoms with Crippen LogP contribution in [0.2, 0.25) is 0 Å². The number of hydrogen-bond donors (Lipinski definition) is 2. The number of thiol groups is 2. The third-order valence-electron chi connectivity index (χ3n) is 6.59. The van der Waals surface area contributed by atoms with Gasteiger partial charge >= 0.3 is 0 Å². The smallest absolute Gasteiger partial charge is 0.161 e. The molecular formula is C29H26N2O2S2. The third kappa shape index (κ3) is 4.68. The van der Waals surface area contributed by atoms with Gasteiger partial charge in [0.2, 0.25) is 0 Å². The number of benzene rings is 4. The van der Waals surface area contributed by atoms with Crippen LogP contribution in [-0.2, 0) is 19.5 Å². The Morgan fingerprint density at radius 2 is 1.29 bits per heavy atom. The van der Waals surface area contributed by atoms with Crippen molar-refractivity contribution in [3.8, 4) is 11.5 Å². The fourth-order valence-electron chi connectivity index (χ4n) is 4.77. The molecule has 0 fully saturated rings. The maximum atomic E-state index is 6.29. The summed E-state index contributed by atoms with van der Waals surface area (Å²) in [7, 11) is 0. The molecule has 2 aliphatic rings. The Morgan fingerprint density at radius 3 is 1.97 bits per heavy atom. The molecule has 35 heavy (non-hydrogen) atoms. The minimum absolute atomic E-state index is 0.536. The summed E-state index contributed by atoms with van der Waals surface area (Å²) in [6, 6.07) is 29.4. The lowest BCUT2D eigenvalue weighted by Gasteiger charge is -2.32. The molecule has 0 spiro atoms. The Kier molecular flexibility index (Phi) is 6.00. The predicted molar refractivity (Wildman–Crippen MR) is 146 cm³/mol. The minimum Gasteiger partial charge on any atom is -0.473 e. The first kappa shape index (κ1) is 22.3. The van der Waals surface area contributed by atoms with Crippen molar-refractivity contribution in [3.63, 3.8) is 0 Å². The third-order valence-corrected chi connectivity index (χ3v) is 7.19. The SMILES string of the molecule is Sc1ccc(N2COc3ccc(Cc4cccc5c4OCN(c4ccc(S)cc4)C5)cc3C2)cc1. The number of anilines is 2. The van der Waals surface area contributed by atoms with Gasteiger partial charge in [0, 0.05) is 51.8 Å². The standard InChI is InChI=1S/C29H26N2O2S2/c34-26-9-5-24(6-10-26)30-16-22-3-1-2-21(29(22)33-19-30)14-20-4-13-28-23(15-20)17-31(18-32-28)25-7-11-27(35)12-8-25/h1-13,15,34-35H,14,16-19H2. The Morgan fingerprint density at radius 1 is 0.657 bits per heavy atom. The van der Waals surface area contributed by atoms with Crippen LogP contribution in [0.1, 0.15) is 22.3 Å². The van der Waals surface area contributed by atoms with Crippen LogP contribution in [-0.4, -0.2) is 13.5 Å². The first-order valence-corrected chi connectivity index (χ1v) is 12.6. The second kappa shape index (κ2) is 9.44. The second-order valence-electron chi connectivity index (χ2n) is 9.00. The zero-order valence-corrected chi connectivity index (χ0v) is 21.0. The van der Waals surface area contributed by atoms with Crippen molar-refractivity contribution >= 4 is 36.6 Å². The van der Waals surface area contributed by atoms with E-state index in [9.17, 15) is 0 Å². The number of nitrogens with zero attached hydrogens (tertiary/aromatic N) is 2. The van der Waals surface area contributed by atoms with Crippen molar-refractivity contribution in [1.82, 2.24) is 0 Å². The van der Waals surface area contributed by atoms with Crippen LogP contribution < -0.4 is 19.3 Å². The predicted octanol–water partition coefficient (Wildman–Crippen LogP) is 6.57. The van der Waals surface area contributed by atoms with E-state index in [1.54, 1.807) is 0 Å². The van der Waals surface area contributed by atoms with E-state index in [-0.39, 0.29) is 0 Å². The van der Waals surface area contributed by atoms with Crippen molar-refractivity contribution in [2.45, 2.75) is 29.3 Å². The molecule has 4 aromatic rings. The normalized spacial score (nSPS) is 14.6. The van der Waals surface area contributed by atoms with E-state index in [4.69, 9.17) is 9.47 Å². The second-order valence-corrected chi connectivity index (χ2v) is 10.0. The number of fused-ring (bicyclic) bond motifs is 2. The summed E-state index contributed by atoms with van der Waals surface area (Å²) in [6.45, 7) is 2.73. The largest absolute Gasteiger partial charge is 0.473 e. The molecule has 176 valence electrons. The number of hydrogen-bond acceptors (Lipinski definition) is 6. The Bertz CT molecular complexity index is 1360. The van der Waals surface area contributed by atoms with Gasteiger partial charge in [-0.1, -0.05) is 24.3 Å². The van der Waals surface area contributed by atoms with Gasteiger partial charge in [0.15, 0.2) is 13.5 Å². The lowest BCUT2D eigenvalue weighted by atomic mass is 9.98. The highest BCUT2D eigenvalue weighted by Gasteiger charge is 2.22. The molecular weight excluding hydrogens is 472 g/mol. The fourth-order valence-corrected chi connectivity index (χ4v) is 5.06. The highest BCUT2D eigenvalue weighted by Crippen LogP contribution is 2.35. The van der Waals surface area contributed by atoms with Crippen molar-refractivity contribution in [3.05, 3.63) is 107 Å². The maximum absolute atomic E-state index is 6.29. The maximum Gasteiger partial charge on any atom is 0.161 e. The van der Waals surface area contributed by atoms with Crippen LogP contribution in [0.25, 0.3) is 0 Å². The molecule has 0 atom stereocenters. The Hall–Kier alpha value is -3.22. The van der Waals surface area contributed by atoms with Crippen LogP contribution in [0.15, 0.2) is 94.7 Å². The summed E-state index contributed by atoms with van der Waals surface area (Å²) in [5.41, 5.74) is 7.16. The first-order chi connectivity index (χ1) is 17.1. The molecule has 6 heteroatoms. The van der Waals surface area contributed by atoms with Crippen LogP contribution in [0.3, 0.4) is 0 Å². The molecule has 0 aromatic heterocycles. The van der Waals surface area contributed by atoms with Gasteiger partial charge in [-0.2, -0.15) is 0 Å². The van der Waals surface area contributed by atoms with E-state index in [2.05, 4.69) is 95.7 Å². The molecule has 4 nitrogen and oxygen atoms in total. The zero-order chi connectivity index (χ0) is 23.8. The van der Waals surface area contributed by atoms with Crippen LogP contribution in [0.5, 0.6) is 11.5 Å². The number of para-hydroxylation sites is 1. The van der Waals surface area contributed by atoms with Gasteiger partial charge < -0.3 is 19.3 Å². The Balaban J connectivity index is 1.21. The van der Waals surface area contributed by atoms with E-state index < -0.39 is 0 Å². The van der Waals surface area contributed by atoms with Gasteiger partial charge in [0.25, 0.3) is 0 Å². The van der Waals surface area contributed by atoms with Crippen LogP contribution in [0, 0.1) is 0 Å². The van der Waals surface area contributed by atoms with Gasteiger partial charge in [-0.05, 0) is 71.8 Å². The molecule has 0 saturated heterocycles. The fraction of sp³-hybridized carbons (Fsp3) is 0.172. The van der Waals surface area contributed by atoms with Crippen molar-refractivity contribution in [2.24, 2.45) is 0 Å². The first-order valence-electron chi connectivity index (χ1n) is 11.7. The van der Waals surface area contributed by atoms with E-state index >= 15 is 0 Å². The summed E-state index contributed by atoms with van der Waals surface area (Å²) < 4.78 is 12.3. The molecule has 0 N–H and O–H groups in total. The van der Waals surface area contributed by atoms with Gasteiger partial charge in [0.05, 0.1) is 0 Å². The molecule has 0 aliphatic carbocycles. The quantitative estimate of drug-likeness (QED) is 0.311. The summed E-state index contributed by atoms with van der Waals surface area (Å²) in [4.78, 5) is 6.40. The Labute approximate surface area is 216 Å². The van der Waals surface area contributed by atoms with Crippen LogP contribution >= 0.6 is 25.3 Å². The van der Waals surface area contributed by atoms with Gasteiger partial charge in [0.1, 0.15) is 11.5 Å². The van der Waals surface area contributed by atoms with Crippen molar-refractivity contribution in [1.29, 1.82) is 0 Å². The number of ether oxygens (including phenoxy) is 2. The van der Waals surface area contributed by atoms with Crippen molar-refractivity contribution < 1.29 is 9.47 Å². The summed E-state index contributed by atoms with van der Waals surface area (Å²) in [6.07, 6.45) is 0.819. The monoisotopic (exact) mass is 498 g/mol. The van der Waals surface area contributed by atoms with Crippen molar-refractivity contribution in [2.75, 3.05) is 23.3 Å². The van der Waals surface area contributed by atoms with E-state index in [1.165, 1.54) is 22.3 Å². The molecule has 2 heterocycles. The molecule has 0 unspecified atom stereocenters. The average Bonchev–Trinajstić information content (AvgIpc) is 2.89. The average molecular weight is 499 g/mol. The lowest BCUT2D eigenvalue weighted by molar-refractivity contribution is 0.286. The summed E-state index contributed by atoms with van der Waals surface area (Å²) in [5.74, 6) is 1.97. The molecule has 0 bridgehead atoms. The zero-order valence-electron chi connectivity index (χ0n) is 19.2. The van der Waals surface area contributed by atoms with E-state index in [1.807, 2.05) is 24.3 Å². The molecule has 0 radical (unpaired) electrons. The number of rotatable bonds is 4. The van der Waals surface area contributed by atoms with Crippen LogP contribution in [0.4, 0.5) is 11.4 Å². The summed E-state index contributed by atoms with van der Waals surface area (Å²) in [5, 5.41) is 0. The highest BCUT2D eigenvalue weighted by atomic mass is 32.1. The van der Waals surface area contributed by atoms with Gasteiger partial charge in [-0.15, -0.1) is 25.3 Å². The highest BCUT2D eigenvalue weighted by molar-refractivity contribution is 7.80. The van der Waals surface area contributed by atoms with E-state index in [0.717, 1.165) is 52.2 Å². The lowest BCUT2D eigenvalue weighted by Crippen LogP contribution is -2.32. The molecule has 0 amide bonds. The molecule has 4 aromatic carbocycles. The molecule has 6 rings (SSSR count). The summed E-state index contributed by atoms with van der Waals surface area (Å²) >= 11 is 8.79. The molecule has 0 saturated carbocycles. The minimum atomic E-state index is 0.536. The van der Waals surface area contributed by atoms with Gasteiger partial charge in [-0.3, -0.25) is 0 Å². The molecule has 2 aliphatic heterocycles. The topological polar surface area (TPSA) is 24.9 Å². The van der Waals surface area contributed by atoms with Gasteiger partial charge in [-0.25, -0.2) is 0 Å². The van der Waals surface area contributed by atoms with E-state index in [0.29, 0.717) is 13.5 Å².